The second-order valence-corrected chi connectivity index (χ2v) is 9.57. The molecule has 1 saturated carbocycles. The molecule has 5 rings (SSSR count). The van der Waals surface area contributed by atoms with Gasteiger partial charge in [-0.25, -0.2) is 8.78 Å². The number of rotatable bonds is 6. The van der Waals surface area contributed by atoms with E-state index in [0.29, 0.717) is 32.1 Å². The molecule has 0 unspecified atom stereocenters. The molecule has 0 radical (unpaired) electrons. The smallest absolute Gasteiger partial charge is 0.274 e. The van der Waals surface area contributed by atoms with Crippen LogP contribution in [0.25, 0.3) is 0 Å². The number of carbonyl (C=O) groups excluding carboxylic acids is 2. The standard InChI is InChI=1S/C27H25F2N3O5/c1-31-15-27(10-19(11-27)37-14-16-5-3-2-4-6-16)32-13-20(23(33)24(34)22(32)26(31)36)25(35)30-12-17-7-8-18(28)9-21(17)29/h2-9,13,19,34H,10-12,14-15H2,1H3,(H,30,35)/t19-,27+. The third kappa shape index (κ3) is 4.48. The van der Waals surface area contributed by atoms with E-state index in [-0.39, 0.29) is 29.5 Å². The summed E-state index contributed by atoms with van der Waals surface area (Å²) in [6.45, 7) is 0.440. The lowest BCUT2D eigenvalue weighted by molar-refractivity contribution is -0.0929. The largest absolute Gasteiger partial charge is 0.503 e. The van der Waals surface area contributed by atoms with Gasteiger partial charge in [0, 0.05) is 38.0 Å². The topological polar surface area (TPSA) is 101 Å². The molecular formula is C27H25F2N3O5. The first-order valence-electron chi connectivity index (χ1n) is 11.8. The molecular weight excluding hydrogens is 484 g/mol. The van der Waals surface area contributed by atoms with Crippen molar-refractivity contribution >= 4 is 11.8 Å². The summed E-state index contributed by atoms with van der Waals surface area (Å²) in [6, 6.07) is 12.6. The number of nitrogens with zero attached hydrogens (tertiary/aromatic N) is 2. The van der Waals surface area contributed by atoms with Crippen LogP contribution in [0.5, 0.6) is 5.75 Å². The Bertz CT molecular complexity index is 1430. The van der Waals surface area contributed by atoms with Crippen LogP contribution in [-0.2, 0) is 23.4 Å². The van der Waals surface area contributed by atoms with Crippen LogP contribution in [0.2, 0.25) is 0 Å². The number of hydrogen-bond acceptors (Lipinski definition) is 5. The van der Waals surface area contributed by atoms with Gasteiger partial charge in [0.25, 0.3) is 11.8 Å². The minimum absolute atomic E-state index is 0.0303. The number of aromatic hydroxyl groups is 1. The number of nitrogens with one attached hydrogen (secondary N) is 1. The molecule has 1 aromatic heterocycles. The van der Waals surface area contributed by atoms with Gasteiger partial charge >= 0.3 is 0 Å². The predicted octanol–water partition coefficient (Wildman–Crippen LogP) is 2.92. The number of amides is 2. The molecule has 3 aromatic rings. The van der Waals surface area contributed by atoms with Crippen LogP contribution in [0.3, 0.4) is 0 Å². The SMILES string of the molecule is CN1C[C@]2(C[C@H](OCc3ccccc3)C2)n2cc(C(=O)NCc3ccc(F)cc3F)c(=O)c(O)c2C1=O. The molecule has 0 saturated heterocycles. The Kier molecular flexibility index (Phi) is 6.28. The van der Waals surface area contributed by atoms with E-state index in [0.717, 1.165) is 11.6 Å². The Morgan fingerprint density at radius 2 is 1.89 bits per heavy atom. The fourth-order valence-electron chi connectivity index (χ4n) is 5.07. The summed E-state index contributed by atoms with van der Waals surface area (Å²) in [6.07, 6.45) is 2.19. The molecule has 2 aliphatic rings. The normalized spacial score (nSPS) is 20.5. The number of hydrogen-bond donors (Lipinski definition) is 2. The van der Waals surface area contributed by atoms with E-state index in [2.05, 4.69) is 5.32 Å². The zero-order chi connectivity index (χ0) is 26.3. The van der Waals surface area contributed by atoms with Gasteiger partial charge in [-0.05, 0) is 24.5 Å². The van der Waals surface area contributed by atoms with E-state index in [1.165, 1.54) is 21.7 Å². The van der Waals surface area contributed by atoms with Crippen molar-refractivity contribution in [3.63, 3.8) is 0 Å². The third-order valence-corrected chi connectivity index (χ3v) is 7.02. The Morgan fingerprint density at radius 3 is 2.59 bits per heavy atom. The van der Waals surface area contributed by atoms with E-state index in [4.69, 9.17) is 4.74 Å². The molecule has 2 amide bonds. The van der Waals surface area contributed by atoms with Gasteiger partial charge in [0.1, 0.15) is 17.2 Å². The fourth-order valence-corrected chi connectivity index (χ4v) is 5.07. The van der Waals surface area contributed by atoms with Crippen molar-refractivity contribution in [2.24, 2.45) is 0 Å². The van der Waals surface area contributed by atoms with Crippen LogP contribution < -0.4 is 10.7 Å². The quantitative estimate of drug-likeness (QED) is 0.532. The zero-order valence-corrected chi connectivity index (χ0v) is 20.0. The molecule has 0 bridgehead atoms. The number of ether oxygens (including phenoxy) is 1. The maximum atomic E-state index is 14.0. The number of halogens is 2. The molecule has 2 aromatic carbocycles. The van der Waals surface area contributed by atoms with Gasteiger partial charge in [-0.3, -0.25) is 14.4 Å². The number of aromatic nitrogens is 1. The summed E-state index contributed by atoms with van der Waals surface area (Å²) in [7, 11) is 1.59. The first-order chi connectivity index (χ1) is 17.7. The van der Waals surface area contributed by atoms with Crippen molar-refractivity contribution in [3.05, 3.63) is 99.0 Å². The first kappa shape index (κ1) is 24.6. The van der Waals surface area contributed by atoms with E-state index in [1.54, 1.807) is 7.05 Å². The summed E-state index contributed by atoms with van der Waals surface area (Å²) in [5, 5.41) is 13.1. The van der Waals surface area contributed by atoms with Gasteiger partial charge in [-0.1, -0.05) is 36.4 Å². The number of carbonyl (C=O) groups is 2. The summed E-state index contributed by atoms with van der Waals surface area (Å²) in [4.78, 5) is 40.1. The van der Waals surface area contributed by atoms with Crippen molar-refractivity contribution in [2.45, 2.75) is 37.6 Å². The minimum Gasteiger partial charge on any atom is -0.503 e. The maximum absolute atomic E-state index is 14.0. The number of pyridine rings is 1. The third-order valence-electron chi connectivity index (χ3n) is 7.02. The summed E-state index contributed by atoms with van der Waals surface area (Å²) in [5.74, 6) is -3.79. The molecule has 2 heterocycles. The molecule has 1 spiro atoms. The van der Waals surface area contributed by atoms with Gasteiger partial charge in [-0.2, -0.15) is 0 Å². The van der Waals surface area contributed by atoms with Gasteiger partial charge in [0.15, 0.2) is 11.4 Å². The summed E-state index contributed by atoms with van der Waals surface area (Å²) in [5.41, 5.74) is -1.17. The van der Waals surface area contributed by atoms with Crippen LogP contribution in [0.1, 0.15) is 44.8 Å². The van der Waals surface area contributed by atoms with Crippen LogP contribution >= 0.6 is 0 Å². The van der Waals surface area contributed by atoms with Crippen molar-refractivity contribution in [1.29, 1.82) is 0 Å². The van der Waals surface area contributed by atoms with E-state index in [1.807, 2.05) is 30.3 Å². The monoisotopic (exact) mass is 509 g/mol. The average Bonchev–Trinajstić information content (AvgIpc) is 2.85. The summed E-state index contributed by atoms with van der Waals surface area (Å²) < 4.78 is 34.7. The Morgan fingerprint density at radius 1 is 1.16 bits per heavy atom. The van der Waals surface area contributed by atoms with Gasteiger partial charge < -0.3 is 24.6 Å². The average molecular weight is 510 g/mol. The first-order valence-corrected chi connectivity index (χ1v) is 11.8. The van der Waals surface area contributed by atoms with Crippen LogP contribution in [0.15, 0.2) is 59.5 Å². The lowest BCUT2D eigenvalue weighted by Gasteiger charge is -2.53. The van der Waals surface area contributed by atoms with Crippen LogP contribution in [-0.4, -0.2) is 46.1 Å². The molecule has 37 heavy (non-hydrogen) atoms. The molecule has 8 nitrogen and oxygen atoms in total. The molecule has 1 aliphatic heterocycles. The van der Waals surface area contributed by atoms with Gasteiger partial charge in [-0.15, -0.1) is 0 Å². The van der Waals surface area contributed by atoms with E-state index >= 15 is 0 Å². The fraction of sp³-hybridized carbons (Fsp3) is 0.296. The van der Waals surface area contributed by atoms with Gasteiger partial charge in [0.05, 0.1) is 18.2 Å². The lowest BCUT2D eigenvalue weighted by atomic mass is 9.72. The van der Waals surface area contributed by atoms with Crippen LogP contribution in [0, 0.1) is 11.6 Å². The van der Waals surface area contributed by atoms with Crippen molar-refractivity contribution in [2.75, 3.05) is 13.6 Å². The number of benzene rings is 2. The lowest BCUT2D eigenvalue weighted by Crippen LogP contribution is -2.61. The van der Waals surface area contributed by atoms with Crippen molar-refractivity contribution in [3.8, 4) is 5.75 Å². The Hall–Kier alpha value is -4.05. The zero-order valence-electron chi connectivity index (χ0n) is 20.0. The summed E-state index contributed by atoms with van der Waals surface area (Å²) >= 11 is 0. The predicted molar refractivity (Wildman–Crippen MR) is 129 cm³/mol. The van der Waals surface area contributed by atoms with E-state index < -0.39 is 40.2 Å². The highest BCUT2D eigenvalue weighted by Crippen LogP contribution is 2.46. The second kappa shape index (κ2) is 9.44. The van der Waals surface area contributed by atoms with Crippen LogP contribution in [0.4, 0.5) is 8.78 Å². The second-order valence-electron chi connectivity index (χ2n) is 9.57. The Labute approximate surface area is 211 Å². The molecule has 0 atom stereocenters. The number of likely N-dealkylation sites (N-methyl/N-ethyl adjacent to an activating group) is 1. The number of fused-ring (bicyclic) bond motifs is 2. The van der Waals surface area contributed by atoms with Crippen molar-refractivity contribution < 1.29 is 28.2 Å². The van der Waals surface area contributed by atoms with Gasteiger partial charge in [0.2, 0.25) is 5.43 Å². The molecule has 1 fully saturated rings. The van der Waals surface area contributed by atoms with E-state index in [9.17, 15) is 28.3 Å². The Balaban J connectivity index is 1.40. The highest BCUT2D eigenvalue weighted by atomic mass is 19.1. The van der Waals surface area contributed by atoms with Crippen molar-refractivity contribution in [1.82, 2.24) is 14.8 Å². The highest BCUT2D eigenvalue weighted by molar-refractivity contribution is 5.99. The maximum Gasteiger partial charge on any atom is 0.274 e. The minimum atomic E-state index is -1.00. The highest BCUT2D eigenvalue weighted by Gasteiger charge is 2.52. The molecule has 10 heteroatoms. The molecule has 2 N–H and O–H groups in total. The molecule has 192 valence electrons. The molecule has 1 aliphatic carbocycles.